The molecule has 116 valence electrons. The minimum absolute atomic E-state index is 0.0240. The minimum Gasteiger partial charge on any atom is -0.465 e. The van der Waals surface area contributed by atoms with Crippen molar-refractivity contribution in [1.29, 1.82) is 0 Å². The molecule has 0 saturated heterocycles. The molecule has 21 heavy (non-hydrogen) atoms. The third kappa shape index (κ3) is 4.17. The summed E-state index contributed by atoms with van der Waals surface area (Å²) < 4.78 is 23.0. The third-order valence-corrected chi connectivity index (χ3v) is 3.36. The van der Waals surface area contributed by atoms with Gasteiger partial charge in [0.05, 0.1) is 13.2 Å². The molecule has 1 aromatic rings. The Balaban J connectivity index is 3.12. The van der Waals surface area contributed by atoms with Gasteiger partial charge < -0.3 is 9.47 Å². The van der Waals surface area contributed by atoms with E-state index in [-0.39, 0.29) is 24.7 Å². The van der Waals surface area contributed by atoms with Crippen molar-refractivity contribution in [3.05, 3.63) is 34.6 Å². The van der Waals surface area contributed by atoms with Gasteiger partial charge in [-0.25, -0.2) is 4.39 Å². The summed E-state index contributed by atoms with van der Waals surface area (Å²) in [6.07, 6.45) is -0.0240. The summed E-state index contributed by atoms with van der Waals surface area (Å²) in [5.74, 6) is -1.87. The zero-order valence-corrected chi connectivity index (χ0v) is 13.0. The van der Waals surface area contributed by atoms with Crippen LogP contribution in [0.15, 0.2) is 18.2 Å². The van der Waals surface area contributed by atoms with E-state index in [9.17, 15) is 14.0 Å². The SMILES string of the molecule is CCOC(=O)C(C)(Cc1ccc(F)cc1Cl)C(=O)OCC. The highest BCUT2D eigenvalue weighted by Gasteiger charge is 2.44. The standard InChI is InChI=1S/C15H18ClFO4/c1-4-20-13(18)15(3,14(19)21-5-2)9-10-6-7-11(17)8-12(10)16/h6-8H,4-5,9H2,1-3H3. The van der Waals surface area contributed by atoms with Gasteiger partial charge in [0.15, 0.2) is 5.41 Å². The van der Waals surface area contributed by atoms with Crippen LogP contribution in [0.4, 0.5) is 4.39 Å². The van der Waals surface area contributed by atoms with Crippen LogP contribution in [0.1, 0.15) is 26.3 Å². The minimum atomic E-state index is -1.52. The lowest BCUT2D eigenvalue weighted by Gasteiger charge is -2.25. The van der Waals surface area contributed by atoms with Crippen LogP contribution in [0.5, 0.6) is 0 Å². The Labute approximate surface area is 128 Å². The van der Waals surface area contributed by atoms with Gasteiger partial charge in [-0.1, -0.05) is 17.7 Å². The Morgan fingerprint density at radius 1 is 1.19 bits per heavy atom. The summed E-state index contributed by atoms with van der Waals surface area (Å²) in [5.41, 5.74) is -1.05. The molecule has 6 heteroatoms. The second-order valence-corrected chi connectivity index (χ2v) is 5.09. The van der Waals surface area contributed by atoms with Crippen LogP contribution in [0, 0.1) is 11.2 Å². The van der Waals surface area contributed by atoms with Crippen LogP contribution in [-0.2, 0) is 25.5 Å². The first kappa shape index (κ1) is 17.4. The van der Waals surface area contributed by atoms with Gasteiger partial charge in [-0.3, -0.25) is 9.59 Å². The number of esters is 2. The molecule has 0 radical (unpaired) electrons. The van der Waals surface area contributed by atoms with E-state index >= 15 is 0 Å². The molecule has 1 rings (SSSR count). The van der Waals surface area contributed by atoms with Crippen LogP contribution in [0.3, 0.4) is 0 Å². The molecule has 0 amide bonds. The predicted molar refractivity (Wildman–Crippen MR) is 76.5 cm³/mol. The first-order chi connectivity index (χ1) is 9.85. The maximum atomic E-state index is 13.1. The van der Waals surface area contributed by atoms with Crippen LogP contribution in [0.25, 0.3) is 0 Å². The number of carbonyl (C=O) groups excluding carboxylic acids is 2. The molecular weight excluding hydrogens is 299 g/mol. The molecule has 4 nitrogen and oxygen atoms in total. The van der Waals surface area contributed by atoms with E-state index in [0.29, 0.717) is 5.56 Å². The number of rotatable bonds is 6. The third-order valence-electron chi connectivity index (χ3n) is 3.01. The summed E-state index contributed by atoms with van der Waals surface area (Å²) in [6.45, 7) is 5.02. The van der Waals surface area contributed by atoms with E-state index in [2.05, 4.69) is 0 Å². The normalized spacial score (nSPS) is 11.1. The zero-order chi connectivity index (χ0) is 16.0. The molecule has 0 N–H and O–H groups in total. The average molecular weight is 317 g/mol. The van der Waals surface area contributed by atoms with Gasteiger partial charge in [-0.15, -0.1) is 0 Å². The Bertz CT molecular complexity index is 512. The van der Waals surface area contributed by atoms with Gasteiger partial charge in [-0.2, -0.15) is 0 Å². The van der Waals surface area contributed by atoms with Crippen molar-refractivity contribution in [2.24, 2.45) is 5.41 Å². The molecule has 0 aliphatic heterocycles. The van der Waals surface area contributed by atoms with Crippen molar-refractivity contribution < 1.29 is 23.5 Å². The number of carbonyl (C=O) groups is 2. The Morgan fingerprint density at radius 3 is 2.14 bits per heavy atom. The lowest BCUT2D eigenvalue weighted by molar-refractivity contribution is -0.170. The highest BCUT2D eigenvalue weighted by Crippen LogP contribution is 2.30. The van der Waals surface area contributed by atoms with E-state index in [4.69, 9.17) is 21.1 Å². The summed E-state index contributed by atoms with van der Waals surface area (Å²) in [4.78, 5) is 24.2. The predicted octanol–water partition coefficient (Wildman–Crippen LogP) is 3.15. The molecule has 0 fully saturated rings. The second kappa shape index (κ2) is 7.41. The van der Waals surface area contributed by atoms with Crippen LogP contribution in [0.2, 0.25) is 5.02 Å². The lowest BCUT2D eigenvalue weighted by Crippen LogP contribution is -2.41. The van der Waals surface area contributed by atoms with Gasteiger partial charge in [0.25, 0.3) is 0 Å². The van der Waals surface area contributed by atoms with Gasteiger partial charge in [0, 0.05) is 11.4 Å². The molecule has 0 bridgehead atoms. The number of hydrogen-bond acceptors (Lipinski definition) is 4. The van der Waals surface area contributed by atoms with E-state index in [1.54, 1.807) is 13.8 Å². The van der Waals surface area contributed by atoms with Crippen molar-refractivity contribution in [1.82, 2.24) is 0 Å². The smallest absolute Gasteiger partial charge is 0.323 e. The molecule has 1 aromatic carbocycles. The Kier molecular flexibility index (Phi) is 6.15. The van der Waals surface area contributed by atoms with Crippen LogP contribution in [-0.4, -0.2) is 25.2 Å². The highest BCUT2D eigenvalue weighted by atomic mass is 35.5. The van der Waals surface area contributed by atoms with Crippen LogP contribution >= 0.6 is 11.6 Å². The van der Waals surface area contributed by atoms with Crippen molar-refractivity contribution in [2.45, 2.75) is 27.2 Å². The van der Waals surface area contributed by atoms with Crippen molar-refractivity contribution >= 4 is 23.5 Å². The lowest BCUT2D eigenvalue weighted by atomic mass is 9.83. The van der Waals surface area contributed by atoms with Gasteiger partial charge >= 0.3 is 11.9 Å². The van der Waals surface area contributed by atoms with Gasteiger partial charge in [0.2, 0.25) is 0 Å². The maximum absolute atomic E-state index is 13.1. The maximum Gasteiger partial charge on any atom is 0.323 e. The molecule has 0 atom stereocenters. The molecule has 0 aliphatic carbocycles. The molecule has 0 aromatic heterocycles. The van der Waals surface area contributed by atoms with Crippen LogP contribution < -0.4 is 0 Å². The second-order valence-electron chi connectivity index (χ2n) is 4.69. The van der Waals surface area contributed by atoms with E-state index in [1.807, 2.05) is 0 Å². The van der Waals surface area contributed by atoms with Crippen molar-refractivity contribution in [2.75, 3.05) is 13.2 Å². The molecule has 0 heterocycles. The fourth-order valence-corrected chi connectivity index (χ4v) is 2.09. The fourth-order valence-electron chi connectivity index (χ4n) is 1.85. The van der Waals surface area contributed by atoms with Gasteiger partial charge in [0.1, 0.15) is 5.82 Å². The first-order valence-corrected chi connectivity index (χ1v) is 7.01. The largest absolute Gasteiger partial charge is 0.465 e. The summed E-state index contributed by atoms with van der Waals surface area (Å²) in [6, 6.07) is 3.79. The average Bonchev–Trinajstić information content (AvgIpc) is 2.42. The number of ether oxygens (including phenoxy) is 2. The summed E-state index contributed by atoms with van der Waals surface area (Å²) in [5, 5.41) is 0.148. The number of hydrogen-bond donors (Lipinski definition) is 0. The zero-order valence-electron chi connectivity index (χ0n) is 12.2. The summed E-state index contributed by atoms with van der Waals surface area (Å²) in [7, 11) is 0. The van der Waals surface area contributed by atoms with E-state index < -0.39 is 23.2 Å². The number of halogens is 2. The van der Waals surface area contributed by atoms with E-state index in [1.165, 1.54) is 19.1 Å². The summed E-state index contributed by atoms with van der Waals surface area (Å²) >= 11 is 5.95. The number of benzene rings is 1. The molecule has 0 spiro atoms. The Morgan fingerprint density at radius 2 is 1.71 bits per heavy atom. The van der Waals surface area contributed by atoms with E-state index in [0.717, 1.165) is 6.07 Å². The van der Waals surface area contributed by atoms with Crippen molar-refractivity contribution in [3.63, 3.8) is 0 Å². The monoisotopic (exact) mass is 316 g/mol. The molecule has 0 unspecified atom stereocenters. The quantitative estimate of drug-likeness (QED) is 0.597. The first-order valence-electron chi connectivity index (χ1n) is 6.63. The molecular formula is C15H18ClFO4. The van der Waals surface area contributed by atoms with Gasteiger partial charge in [-0.05, 0) is 38.5 Å². The highest BCUT2D eigenvalue weighted by molar-refractivity contribution is 6.31. The molecule has 0 aliphatic rings. The topological polar surface area (TPSA) is 52.6 Å². The Hall–Kier alpha value is -1.62. The van der Waals surface area contributed by atoms with Crippen molar-refractivity contribution in [3.8, 4) is 0 Å². The molecule has 0 saturated carbocycles. The fraction of sp³-hybridized carbons (Fsp3) is 0.467.